The van der Waals surface area contributed by atoms with E-state index >= 15 is 0 Å². The number of rotatable bonds is 8. The van der Waals surface area contributed by atoms with Gasteiger partial charge in [-0.3, -0.25) is 14.5 Å². The first-order valence-electron chi connectivity index (χ1n) is 11.4. The van der Waals surface area contributed by atoms with E-state index < -0.39 is 6.04 Å². The van der Waals surface area contributed by atoms with Crippen LogP contribution < -0.4 is 10.6 Å². The zero-order valence-electron chi connectivity index (χ0n) is 18.9. The second-order valence-corrected chi connectivity index (χ2v) is 9.12. The van der Waals surface area contributed by atoms with Gasteiger partial charge in [0.2, 0.25) is 11.8 Å². The lowest BCUT2D eigenvalue weighted by atomic mass is 10.00. The molecule has 2 aromatic carbocycles. The van der Waals surface area contributed by atoms with Crippen LogP contribution in [0, 0.1) is 11.8 Å². The third-order valence-electron chi connectivity index (χ3n) is 5.84. The summed E-state index contributed by atoms with van der Waals surface area (Å²) >= 11 is 0. The first-order valence-corrected chi connectivity index (χ1v) is 11.4. The van der Waals surface area contributed by atoms with Crippen molar-refractivity contribution in [3.8, 4) is 0 Å². The van der Waals surface area contributed by atoms with Gasteiger partial charge in [0.1, 0.15) is 6.04 Å². The highest BCUT2D eigenvalue weighted by Gasteiger charge is 2.24. The first-order chi connectivity index (χ1) is 14.9. The molecule has 0 aliphatic carbocycles. The van der Waals surface area contributed by atoms with Crippen LogP contribution in [-0.4, -0.2) is 35.8 Å². The van der Waals surface area contributed by atoms with Crippen molar-refractivity contribution in [1.29, 1.82) is 0 Å². The molecule has 0 aromatic heterocycles. The van der Waals surface area contributed by atoms with Crippen LogP contribution in [-0.2, 0) is 22.6 Å². The summed E-state index contributed by atoms with van der Waals surface area (Å²) < 4.78 is 0. The summed E-state index contributed by atoms with van der Waals surface area (Å²) in [4.78, 5) is 27.8. The van der Waals surface area contributed by atoms with Crippen LogP contribution in [0.15, 0.2) is 54.6 Å². The Bertz CT molecular complexity index is 849. The van der Waals surface area contributed by atoms with Crippen molar-refractivity contribution in [2.24, 2.45) is 11.8 Å². The van der Waals surface area contributed by atoms with Crippen molar-refractivity contribution >= 4 is 17.5 Å². The van der Waals surface area contributed by atoms with Crippen LogP contribution >= 0.6 is 0 Å². The fraction of sp³-hybridized carbons (Fsp3) is 0.462. The van der Waals surface area contributed by atoms with Crippen molar-refractivity contribution in [3.63, 3.8) is 0 Å². The number of nitrogens with one attached hydrogen (secondary N) is 2. The van der Waals surface area contributed by atoms with Crippen LogP contribution in [0.3, 0.4) is 0 Å². The SMILES string of the molecule is CC1CCCN(Cc2ccc(NC(=O)C(NC(=O)Cc3ccccc3)C(C)C)cc2)C1. The lowest BCUT2D eigenvalue weighted by Gasteiger charge is -2.30. The Morgan fingerprint density at radius 1 is 1.03 bits per heavy atom. The molecular formula is C26H35N3O2. The molecule has 31 heavy (non-hydrogen) atoms. The molecule has 1 saturated heterocycles. The summed E-state index contributed by atoms with van der Waals surface area (Å²) in [6, 6.07) is 17.0. The van der Waals surface area contributed by atoms with E-state index in [2.05, 4.69) is 34.6 Å². The van der Waals surface area contributed by atoms with Gasteiger partial charge in [-0.25, -0.2) is 0 Å². The minimum Gasteiger partial charge on any atom is -0.344 e. The van der Waals surface area contributed by atoms with Gasteiger partial charge in [0, 0.05) is 18.8 Å². The zero-order chi connectivity index (χ0) is 22.2. The molecule has 3 rings (SSSR count). The lowest BCUT2D eigenvalue weighted by molar-refractivity contribution is -0.127. The molecule has 2 atom stereocenters. The molecule has 1 heterocycles. The van der Waals surface area contributed by atoms with Gasteiger partial charge in [0.15, 0.2) is 0 Å². The van der Waals surface area contributed by atoms with Crippen molar-refractivity contribution in [3.05, 3.63) is 65.7 Å². The van der Waals surface area contributed by atoms with Gasteiger partial charge in [-0.2, -0.15) is 0 Å². The topological polar surface area (TPSA) is 61.4 Å². The van der Waals surface area contributed by atoms with E-state index in [0.717, 1.165) is 36.8 Å². The van der Waals surface area contributed by atoms with Crippen LogP contribution in [0.4, 0.5) is 5.69 Å². The molecule has 1 aliphatic rings. The lowest BCUT2D eigenvalue weighted by Crippen LogP contribution is -2.47. The normalized spacial score (nSPS) is 17.9. The monoisotopic (exact) mass is 421 g/mol. The molecule has 2 unspecified atom stereocenters. The van der Waals surface area contributed by atoms with Crippen LogP contribution in [0.1, 0.15) is 44.7 Å². The third-order valence-corrected chi connectivity index (χ3v) is 5.84. The number of carbonyl (C=O) groups excluding carboxylic acids is 2. The number of likely N-dealkylation sites (tertiary alicyclic amines) is 1. The Labute approximate surface area is 186 Å². The number of anilines is 1. The van der Waals surface area contributed by atoms with Crippen LogP contribution in [0.5, 0.6) is 0 Å². The Morgan fingerprint density at radius 2 is 1.74 bits per heavy atom. The Kier molecular flexibility index (Phi) is 8.24. The standard InChI is InChI=1S/C26H35N3O2/c1-19(2)25(28-24(30)16-21-9-5-4-6-10-21)26(31)27-23-13-11-22(12-14-23)18-29-15-7-8-20(3)17-29/h4-6,9-14,19-20,25H,7-8,15-18H2,1-3H3,(H,27,31)(H,28,30). The maximum absolute atomic E-state index is 12.8. The number of carbonyl (C=O) groups is 2. The minimum atomic E-state index is -0.578. The molecule has 2 aromatic rings. The highest BCUT2D eigenvalue weighted by molar-refractivity contribution is 5.97. The Hall–Kier alpha value is -2.66. The molecule has 0 saturated carbocycles. The van der Waals surface area contributed by atoms with Gasteiger partial charge < -0.3 is 10.6 Å². The summed E-state index contributed by atoms with van der Waals surface area (Å²) in [7, 11) is 0. The smallest absolute Gasteiger partial charge is 0.247 e. The molecule has 2 amide bonds. The van der Waals surface area contributed by atoms with Crippen molar-refractivity contribution in [2.45, 2.75) is 52.6 Å². The molecule has 1 fully saturated rings. The van der Waals surface area contributed by atoms with Gasteiger partial charge >= 0.3 is 0 Å². The molecular weight excluding hydrogens is 386 g/mol. The van der Waals surface area contributed by atoms with E-state index in [1.807, 2.05) is 56.3 Å². The first kappa shape index (κ1) is 23.0. The van der Waals surface area contributed by atoms with Gasteiger partial charge in [0.25, 0.3) is 0 Å². The van der Waals surface area contributed by atoms with E-state index in [1.165, 1.54) is 18.4 Å². The second-order valence-electron chi connectivity index (χ2n) is 9.12. The molecule has 5 nitrogen and oxygen atoms in total. The van der Waals surface area contributed by atoms with E-state index in [0.29, 0.717) is 0 Å². The van der Waals surface area contributed by atoms with Crippen LogP contribution in [0.2, 0.25) is 0 Å². The minimum absolute atomic E-state index is 0.0138. The van der Waals surface area contributed by atoms with E-state index in [4.69, 9.17) is 0 Å². The molecule has 0 bridgehead atoms. The third kappa shape index (κ3) is 7.21. The van der Waals surface area contributed by atoms with E-state index in [1.54, 1.807) is 0 Å². The van der Waals surface area contributed by atoms with Gasteiger partial charge in [-0.05, 0) is 54.5 Å². The predicted octanol–water partition coefficient (Wildman–Crippen LogP) is 4.24. The maximum atomic E-state index is 12.8. The Morgan fingerprint density at radius 3 is 2.39 bits per heavy atom. The van der Waals surface area contributed by atoms with Crippen molar-refractivity contribution in [2.75, 3.05) is 18.4 Å². The quantitative estimate of drug-likeness (QED) is 0.670. The summed E-state index contributed by atoms with van der Waals surface area (Å²) in [5, 5.41) is 5.86. The van der Waals surface area contributed by atoms with Crippen LogP contribution in [0.25, 0.3) is 0 Å². The fourth-order valence-electron chi connectivity index (χ4n) is 4.14. The summed E-state index contributed by atoms with van der Waals surface area (Å²) in [5.41, 5.74) is 2.94. The number of nitrogens with zero attached hydrogens (tertiary/aromatic N) is 1. The van der Waals surface area contributed by atoms with Crippen molar-refractivity contribution in [1.82, 2.24) is 10.2 Å². The second kappa shape index (κ2) is 11.1. The molecule has 5 heteroatoms. The average molecular weight is 422 g/mol. The van der Waals surface area contributed by atoms with Crippen molar-refractivity contribution < 1.29 is 9.59 Å². The summed E-state index contributed by atoms with van der Waals surface area (Å²) in [6.45, 7) is 9.45. The molecule has 0 spiro atoms. The largest absolute Gasteiger partial charge is 0.344 e. The highest BCUT2D eigenvalue weighted by Crippen LogP contribution is 2.19. The number of piperidine rings is 1. The molecule has 1 aliphatic heterocycles. The van der Waals surface area contributed by atoms with E-state index in [-0.39, 0.29) is 24.2 Å². The number of benzene rings is 2. The number of hydrogen-bond acceptors (Lipinski definition) is 3. The maximum Gasteiger partial charge on any atom is 0.247 e. The highest BCUT2D eigenvalue weighted by atomic mass is 16.2. The summed E-state index contributed by atoms with van der Waals surface area (Å²) in [6.07, 6.45) is 2.85. The van der Waals surface area contributed by atoms with E-state index in [9.17, 15) is 9.59 Å². The average Bonchev–Trinajstić information content (AvgIpc) is 2.74. The molecule has 2 N–H and O–H groups in total. The zero-order valence-corrected chi connectivity index (χ0v) is 18.9. The Balaban J connectivity index is 1.54. The number of hydrogen-bond donors (Lipinski definition) is 2. The summed E-state index contributed by atoms with van der Waals surface area (Å²) in [5.74, 6) is 0.414. The van der Waals surface area contributed by atoms with Gasteiger partial charge in [-0.15, -0.1) is 0 Å². The number of amides is 2. The predicted molar refractivity (Wildman–Crippen MR) is 126 cm³/mol. The van der Waals surface area contributed by atoms with Gasteiger partial charge in [-0.1, -0.05) is 63.2 Å². The molecule has 166 valence electrons. The fourth-order valence-corrected chi connectivity index (χ4v) is 4.14. The molecule has 0 radical (unpaired) electrons. The van der Waals surface area contributed by atoms with Gasteiger partial charge in [0.05, 0.1) is 6.42 Å².